The molecule has 0 saturated carbocycles. The molecule has 2 aliphatic rings. The molecule has 0 atom stereocenters. The van der Waals surface area contributed by atoms with Crippen LogP contribution in [0.1, 0.15) is 23.2 Å². The third kappa shape index (κ3) is 4.06. The summed E-state index contributed by atoms with van der Waals surface area (Å²) in [5, 5.41) is 5.73. The van der Waals surface area contributed by atoms with Gasteiger partial charge in [0.1, 0.15) is 0 Å². The van der Waals surface area contributed by atoms with Gasteiger partial charge in [-0.15, -0.1) is 11.8 Å². The topological polar surface area (TPSA) is 61.4 Å². The second kappa shape index (κ2) is 7.73. The number of nitrogens with zero attached hydrogens (tertiary/aromatic N) is 1. The average molecular weight is 386 g/mol. The van der Waals surface area contributed by atoms with Crippen molar-refractivity contribution >= 4 is 46.9 Å². The second-order valence-corrected chi connectivity index (χ2v) is 8.44. The quantitative estimate of drug-likeness (QED) is 0.777. The zero-order valence-corrected chi connectivity index (χ0v) is 15.8. The SMILES string of the molecule is O=C1CSc2ccc(C(=O)Nc3ccc(SN4CCCC4)cc3)cc2N1. The highest BCUT2D eigenvalue weighted by atomic mass is 32.2. The Morgan fingerprint density at radius 3 is 2.65 bits per heavy atom. The zero-order chi connectivity index (χ0) is 17.9. The van der Waals surface area contributed by atoms with Gasteiger partial charge in [0.05, 0.1) is 11.4 Å². The van der Waals surface area contributed by atoms with Gasteiger partial charge in [-0.3, -0.25) is 9.59 Å². The molecule has 2 aliphatic heterocycles. The molecule has 0 aliphatic carbocycles. The lowest BCUT2D eigenvalue weighted by Crippen LogP contribution is -2.19. The van der Waals surface area contributed by atoms with Crippen molar-refractivity contribution in [2.45, 2.75) is 22.6 Å². The van der Waals surface area contributed by atoms with Gasteiger partial charge in [-0.25, -0.2) is 4.31 Å². The van der Waals surface area contributed by atoms with E-state index in [0.29, 0.717) is 17.0 Å². The van der Waals surface area contributed by atoms with Crippen molar-refractivity contribution in [3.8, 4) is 0 Å². The predicted octanol–water partition coefficient (Wildman–Crippen LogP) is 4.09. The van der Waals surface area contributed by atoms with Crippen molar-refractivity contribution in [1.29, 1.82) is 0 Å². The Labute approximate surface area is 161 Å². The summed E-state index contributed by atoms with van der Waals surface area (Å²) in [6, 6.07) is 13.3. The van der Waals surface area contributed by atoms with Crippen LogP contribution in [0.3, 0.4) is 0 Å². The summed E-state index contributed by atoms with van der Waals surface area (Å²) in [5.41, 5.74) is 2.00. The van der Waals surface area contributed by atoms with Gasteiger partial charge in [-0.2, -0.15) is 0 Å². The smallest absolute Gasteiger partial charge is 0.255 e. The lowest BCUT2D eigenvalue weighted by atomic mass is 10.1. The molecule has 0 aromatic heterocycles. The number of amides is 2. The van der Waals surface area contributed by atoms with E-state index in [-0.39, 0.29) is 11.8 Å². The average Bonchev–Trinajstić information content (AvgIpc) is 3.15. The molecule has 0 unspecified atom stereocenters. The van der Waals surface area contributed by atoms with Crippen LogP contribution in [-0.2, 0) is 4.79 Å². The predicted molar refractivity (Wildman–Crippen MR) is 107 cm³/mol. The van der Waals surface area contributed by atoms with Crippen LogP contribution in [0.5, 0.6) is 0 Å². The molecule has 26 heavy (non-hydrogen) atoms. The minimum absolute atomic E-state index is 0.0360. The lowest BCUT2D eigenvalue weighted by molar-refractivity contribution is -0.113. The van der Waals surface area contributed by atoms with Crippen LogP contribution in [0.25, 0.3) is 0 Å². The number of thioether (sulfide) groups is 1. The summed E-state index contributed by atoms with van der Waals surface area (Å²) in [5.74, 6) is 0.198. The van der Waals surface area contributed by atoms with Gasteiger partial charge < -0.3 is 10.6 Å². The first-order valence-electron chi connectivity index (χ1n) is 8.58. The number of carbonyl (C=O) groups is 2. The first-order chi connectivity index (χ1) is 12.7. The molecule has 7 heteroatoms. The molecule has 2 heterocycles. The van der Waals surface area contributed by atoms with Crippen molar-refractivity contribution < 1.29 is 9.59 Å². The minimum atomic E-state index is -0.183. The van der Waals surface area contributed by atoms with Crippen LogP contribution < -0.4 is 10.6 Å². The van der Waals surface area contributed by atoms with E-state index in [1.165, 1.54) is 29.5 Å². The first-order valence-corrected chi connectivity index (χ1v) is 10.3. The summed E-state index contributed by atoms with van der Waals surface area (Å²) in [6.45, 7) is 2.27. The van der Waals surface area contributed by atoms with E-state index in [4.69, 9.17) is 0 Å². The summed E-state index contributed by atoms with van der Waals surface area (Å²) in [4.78, 5) is 26.2. The van der Waals surface area contributed by atoms with Gasteiger partial charge in [-0.05, 0) is 67.3 Å². The van der Waals surface area contributed by atoms with E-state index < -0.39 is 0 Å². The summed E-state index contributed by atoms with van der Waals surface area (Å²) in [7, 11) is 0. The van der Waals surface area contributed by atoms with Crippen LogP contribution in [0.15, 0.2) is 52.3 Å². The lowest BCUT2D eigenvalue weighted by Gasteiger charge is -2.17. The van der Waals surface area contributed by atoms with Crippen molar-refractivity contribution in [2.24, 2.45) is 0 Å². The van der Waals surface area contributed by atoms with Crippen LogP contribution in [0.2, 0.25) is 0 Å². The van der Waals surface area contributed by atoms with E-state index in [2.05, 4.69) is 14.9 Å². The van der Waals surface area contributed by atoms with Crippen molar-refractivity contribution in [3.05, 3.63) is 48.0 Å². The van der Waals surface area contributed by atoms with E-state index in [1.807, 2.05) is 30.3 Å². The molecular formula is C19H19N3O2S2. The van der Waals surface area contributed by atoms with E-state index >= 15 is 0 Å². The number of anilines is 2. The van der Waals surface area contributed by atoms with E-state index in [9.17, 15) is 9.59 Å². The molecule has 0 spiro atoms. The third-order valence-electron chi connectivity index (χ3n) is 4.29. The summed E-state index contributed by atoms with van der Waals surface area (Å²) in [6.07, 6.45) is 2.53. The third-order valence-corrected chi connectivity index (χ3v) is 6.47. The fraction of sp³-hybridized carbons (Fsp3) is 0.263. The number of carbonyl (C=O) groups excluding carboxylic acids is 2. The highest BCUT2D eigenvalue weighted by molar-refractivity contribution is 8.00. The number of hydrogen-bond acceptors (Lipinski definition) is 5. The molecule has 2 amide bonds. The zero-order valence-electron chi connectivity index (χ0n) is 14.2. The minimum Gasteiger partial charge on any atom is -0.324 e. The summed E-state index contributed by atoms with van der Waals surface area (Å²) < 4.78 is 2.37. The van der Waals surface area contributed by atoms with Crippen molar-refractivity contribution in [3.63, 3.8) is 0 Å². The molecule has 0 radical (unpaired) electrons. The maximum absolute atomic E-state index is 12.5. The molecule has 0 bridgehead atoms. The largest absolute Gasteiger partial charge is 0.324 e. The van der Waals surface area contributed by atoms with Gasteiger partial charge in [0.25, 0.3) is 5.91 Å². The number of benzene rings is 2. The molecule has 4 rings (SSSR count). The van der Waals surface area contributed by atoms with Crippen molar-refractivity contribution in [2.75, 3.05) is 29.5 Å². The molecule has 1 saturated heterocycles. The Balaban J connectivity index is 1.41. The van der Waals surface area contributed by atoms with Gasteiger partial charge in [0.2, 0.25) is 5.91 Å². The van der Waals surface area contributed by atoms with Crippen LogP contribution in [-0.4, -0.2) is 35.0 Å². The Bertz CT molecular complexity index is 833. The highest BCUT2D eigenvalue weighted by Gasteiger charge is 2.17. The maximum Gasteiger partial charge on any atom is 0.255 e. The second-order valence-electron chi connectivity index (χ2n) is 6.25. The number of fused-ring (bicyclic) bond motifs is 1. The first kappa shape index (κ1) is 17.5. The Morgan fingerprint density at radius 1 is 1.12 bits per heavy atom. The molecule has 1 fully saturated rings. The Kier molecular flexibility index (Phi) is 5.19. The molecule has 5 nitrogen and oxygen atoms in total. The standard InChI is InChI=1S/C19H19N3O2S2/c23-18-12-25-17-8-3-13(11-16(17)21-18)19(24)20-14-4-6-15(7-5-14)26-22-9-1-2-10-22/h3-8,11H,1-2,9-10,12H2,(H,20,24)(H,21,23). The van der Waals surface area contributed by atoms with Crippen LogP contribution in [0, 0.1) is 0 Å². The van der Waals surface area contributed by atoms with Gasteiger partial charge in [0.15, 0.2) is 0 Å². The number of nitrogens with one attached hydrogen (secondary N) is 2. The molecule has 134 valence electrons. The number of hydrogen-bond donors (Lipinski definition) is 2. The Morgan fingerprint density at radius 2 is 1.88 bits per heavy atom. The van der Waals surface area contributed by atoms with Crippen LogP contribution in [0.4, 0.5) is 11.4 Å². The molecule has 2 aromatic carbocycles. The van der Waals surface area contributed by atoms with Gasteiger partial charge in [-0.1, -0.05) is 0 Å². The van der Waals surface area contributed by atoms with Crippen molar-refractivity contribution in [1.82, 2.24) is 4.31 Å². The molecule has 2 aromatic rings. The molecule has 2 N–H and O–H groups in total. The van der Waals surface area contributed by atoms with E-state index in [1.54, 1.807) is 24.1 Å². The van der Waals surface area contributed by atoms with Gasteiger partial charge >= 0.3 is 0 Å². The fourth-order valence-corrected chi connectivity index (χ4v) is 4.74. The Hall–Kier alpha value is -1.96. The van der Waals surface area contributed by atoms with E-state index in [0.717, 1.165) is 23.7 Å². The van der Waals surface area contributed by atoms with Gasteiger partial charge in [0, 0.05) is 34.1 Å². The van der Waals surface area contributed by atoms with Crippen LogP contribution >= 0.6 is 23.7 Å². The normalized spacial score (nSPS) is 16.8. The summed E-state index contributed by atoms with van der Waals surface area (Å²) >= 11 is 3.25. The fourth-order valence-electron chi connectivity index (χ4n) is 2.96. The highest BCUT2D eigenvalue weighted by Crippen LogP contribution is 2.32. The number of rotatable bonds is 4. The molecular weight excluding hydrogens is 366 g/mol. The maximum atomic E-state index is 12.5. The monoisotopic (exact) mass is 385 g/mol.